The molecule has 4 rings (SSSR count). The van der Waals surface area contributed by atoms with Gasteiger partial charge in [0.05, 0.1) is 11.9 Å². The number of aromatic nitrogens is 3. The zero-order valence-corrected chi connectivity index (χ0v) is 11.5. The number of rotatable bonds is 1. The number of fused-ring (bicyclic) bond motifs is 3. The number of pyridine rings is 1. The second kappa shape index (κ2) is 4.53. The van der Waals surface area contributed by atoms with Crippen molar-refractivity contribution in [3.63, 3.8) is 0 Å². The van der Waals surface area contributed by atoms with Crippen molar-refractivity contribution in [2.45, 2.75) is 0 Å². The Balaban J connectivity index is 2.00. The minimum atomic E-state index is -0.270. The molecule has 0 fully saturated rings. The van der Waals surface area contributed by atoms with Crippen LogP contribution in [0.2, 0.25) is 5.02 Å². The lowest BCUT2D eigenvalue weighted by molar-refractivity contribution is 0.630. The third kappa shape index (κ3) is 1.96. The van der Waals surface area contributed by atoms with E-state index in [-0.39, 0.29) is 5.82 Å². The molecule has 0 aliphatic heterocycles. The molecule has 2 aromatic carbocycles. The van der Waals surface area contributed by atoms with Crippen LogP contribution in [-0.4, -0.2) is 14.8 Å². The fourth-order valence-corrected chi connectivity index (χ4v) is 2.57. The first-order valence-electron chi connectivity index (χ1n) is 6.40. The Kier molecular flexibility index (Phi) is 2.65. The second-order valence-electron chi connectivity index (χ2n) is 4.76. The molecule has 0 aliphatic rings. The molecule has 2 heterocycles. The van der Waals surface area contributed by atoms with Crippen molar-refractivity contribution >= 4 is 33.4 Å². The molecule has 0 amide bonds. The Labute approximate surface area is 124 Å². The predicted octanol–water partition coefficient (Wildman–Crippen LogP) is 4.37. The third-order valence-electron chi connectivity index (χ3n) is 3.44. The summed E-state index contributed by atoms with van der Waals surface area (Å²) in [7, 11) is 0. The van der Waals surface area contributed by atoms with Crippen LogP contribution in [0.1, 0.15) is 0 Å². The van der Waals surface area contributed by atoms with Gasteiger partial charge in [-0.15, -0.1) is 0 Å². The van der Waals surface area contributed by atoms with Crippen LogP contribution in [0.15, 0.2) is 54.9 Å². The molecule has 102 valence electrons. The lowest BCUT2D eigenvalue weighted by Gasteiger charge is -2.04. The summed E-state index contributed by atoms with van der Waals surface area (Å²) in [5.41, 5.74) is 1.61. The highest BCUT2D eigenvalue weighted by Crippen LogP contribution is 2.25. The second-order valence-corrected chi connectivity index (χ2v) is 5.20. The Morgan fingerprint density at radius 1 is 0.952 bits per heavy atom. The van der Waals surface area contributed by atoms with Gasteiger partial charge in [-0.1, -0.05) is 17.7 Å². The monoisotopic (exact) mass is 297 g/mol. The van der Waals surface area contributed by atoms with Crippen molar-refractivity contribution in [2.24, 2.45) is 0 Å². The van der Waals surface area contributed by atoms with Crippen LogP contribution < -0.4 is 0 Å². The van der Waals surface area contributed by atoms with Crippen molar-refractivity contribution < 1.29 is 4.39 Å². The number of nitrogens with zero attached hydrogens (tertiary/aromatic N) is 3. The highest BCUT2D eigenvalue weighted by Gasteiger charge is 2.10. The average molecular weight is 298 g/mol. The van der Waals surface area contributed by atoms with E-state index >= 15 is 0 Å². The maximum Gasteiger partial charge on any atom is 0.163 e. The van der Waals surface area contributed by atoms with Crippen molar-refractivity contribution in [2.75, 3.05) is 0 Å². The summed E-state index contributed by atoms with van der Waals surface area (Å²) >= 11 is 5.90. The van der Waals surface area contributed by atoms with E-state index < -0.39 is 0 Å². The molecule has 0 aliphatic carbocycles. The molecular weight excluding hydrogens is 289 g/mol. The van der Waals surface area contributed by atoms with Crippen LogP contribution in [0, 0.1) is 5.82 Å². The zero-order valence-electron chi connectivity index (χ0n) is 10.8. The molecule has 0 N–H and O–H groups in total. The van der Waals surface area contributed by atoms with Gasteiger partial charge in [0.1, 0.15) is 5.82 Å². The number of halogens is 2. The summed E-state index contributed by atoms with van der Waals surface area (Å²) in [5, 5.41) is 7.64. The Bertz CT molecular complexity index is 961. The first kappa shape index (κ1) is 12.3. The Morgan fingerprint density at radius 3 is 2.57 bits per heavy atom. The minimum absolute atomic E-state index is 0.270. The van der Waals surface area contributed by atoms with E-state index in [1.165, 1.54) is 12.1 Å². The minimum Gasteiger partial charge on any atom is -0.236 e. The van der Waals surface area contributed by atoms with Gasteiger partial charge in [0.15, 0.2) is 5.65 Å². The van der Waals surface area contributed by atoms with Crippen molar-refractivity contribution in [1.82, 2.24) is 14.8 Å². The molecule has 0 bridgehead atoms. The molecule has 0 saturated heterocycles. The molecule has 0 unspecified atom stereocenters. The zero-order chi connectivity index (χ0) is 14.4. The molecule has 0 atom stereocenters. The number of hydrogen-bond acceptors (Lipinski definition) is 2. The van der Waals surface area contributed by atoms with E-state index in [1.807, 2.05) is 12.1 Å². The maximum absolute atomic E-state index is 13.3. The molecule has 2 aromatic heterocycles. The van der Waals surface area contributed by atoms with E-state index in [0.717, 1.165) is 27.5 Å². The van der Waals surface area contributed by atoms with Gasteiger partial charge in [-0.05, 0) is 41.8 Å². The van der Waals surface area contributed by atoms with Gasteiger partial charge in [0.2, 0.25) is 0 Å². The molecular formula is C16H9ClFN3. The molecule has 0 spiro atoms. The van der Waals surface area contributed by atoms with Crippen molar-refractivity contribution in [3.8, 4) is 5.69 Å². The molecule has 4 aromatic rings. The van der Waals surface area contributed by atoms with Crippen LogP contribution in [0.5, 0.6) is 0 Å². The van der Waals surface area contributed by atoms with E-state index in [0.29, 0.717) is 5.02 Å². The van der Waals surface area contributed by atoms with Crippen LogP contribution in [-0.2, 0) is 0 Å². The third-order valence-corrected chi connectivity index (χ3v) is 3.70. The first-order valence-corrected chi connectivity index (χ1v) is 6.78. The van der Waals surface area contributed by atoms with Gasteiger partial charge >= 0.3 is 0 Å². The SMILES string of the molecule is Fc1ccc2c(cnc3c2cnn3-c2ccc(Cl)cc2)c1. The van der Waals surface area contributed by atoms with Gasteiger partial charge in [-0.2, -0.15) is 5.10 Å². The fraction of sp³-hybridized carbons (Fsp3) is 0. The molecule has 5 heteroatoms. The average Bonchev–Trinajstić information content (AvgIpc) is 2.92. The standard InChI is InChI=1S/C16H9ClFN3/c17-11-1-4-13(5-2-11)21-16-15(9-20-21)14-6-3-12(18)7-10(14)8-19-16/h1-9H. The van der Waals surface area contributed by atoms with E-state index in [4.69, 9.17) is 11.6 Å². The van der Waals surface area contributed by atoms with Crippen LogP contribution in [0.3, 0.4) is 0 Å². The topological polar surface area (TPSA) is 30.7 Å². The maximum atomic E-state index is 13.3. The summed E-state index contributed by atoms with van der Waals surface area (Å²) in [6.45, 7) is 0. The summed E-state index contributed by atoms with van der Waals surface area (Å²) in [6.07, 6.45) is 3.41. The highest BCUT2D eigenvalue weighted by molar-refractivity contribution is 6.30. The predicted molar refractivity (Wildman–Crippen MR) is 81.3 cm³/mol. The smallest absolute Gasteiger partial charge is 0.163 e. The Hall–Kier alpha value is -2.46. The highest BCUT2D eigenvalue weighted by atomic mass is 35.5. The quantitative estimate of drug-likeness (QED) is 0.522. The van der Waals surface area contributed by atoms with E-state index in [2.05, 4.69) is 10.1 Å². The van der Waals surface area contributed by atoms with Crippen molar-refractivity contribution in [1.29, 1.82) is 0 Å². The first-order chi connectivity index (χ1) is 10.2. The fourth-order valence-electron chi connectivity index (χ4n) is 2.44. The summed E-state index contributed by atoms with van der Waals surface area (Å²) in [4.78, 5) is 4.41. The van der Waals surface area contributed by atoms with E-state index in [1.54, 1.807) is 35.3 Å². The van der Waals surface area contributed by atoms with Gasteiger partial charge in [0, 0.05) is 22.0 Å². The number of hydrogen-bond donors (Lipinski definition) is 0. The summed E-state index contributed by atoms with van der Waals surface area (Å²) in [5.74, 6) is -0.270. The van der Waals surface area contributed by atoms with Gasteiger partial charge in [-0.25, -0.2) is 14.1 Å². The van der Waals surface area contributed by atoms with Crippen molar-refractivity contribution in [3.05, 3.63) is 65.7 Å². The van der Waals surface area contributed by atoms with E-state index in [9.17, 15) is 4.39 Å². The lowest BCUT2D eigenvalue weighted by Crippen LogP contribution is -1.97. The Morgan fingerprint density at radius 2 is 1.76 bits per heavy atom. The molecule has 3 nitrogen and oxygen atoms in total. The number of benzene rings is 2. The van der Waals surface area contributed by atoms with Crippen LogP contribution >= 0.6 is 11.6 Å². The summed E-state index contributed by atoms with van der Waals surface area (Å²) < 4.78 is 15.0. The summed E-state index contributed by atoms with van der Waals surface area (Å²) in [6, 6.07) is 12.0. The molecule has 21 heavy (non-hydrogen) atoms. The largest absolute Gasteiger partial charge is 0.236 e. The lowest BCUT2D eigenvalue weighted by atomic mass is 10.1. The molecule has 0 saturated carbocycles. The molecule has 0 radical (unpaired) electrons. The van der Waals surface area contributed by atoms with Gasteiger partial charge < -0.3 is 0 Å². The van der Waals surface area contributed by atoms with Crippen LogP contribution in [0.25, 0.3) is 27.5 Å². The van der Waals surface area contributed by atoms with Gasteiger partial charge in [-0.3, -0.25) is 0 Å². The normalized spacial score (nSPS) is 11.3. The van der Waals surface area contributed by atoms with Crippen LogP contribution in [0.4, 0.5) is 4.39 Å². The van der Waals surface area contributed by atoms with Gasteiger partial charge in [0.25, 0.3) is 0 Å².